The molecule has 144 valence electrons. The van der Waals surface area contributed by atoms with Crippen LogP contribution in [0.25, 0.3) is 22.2 Å². The normalized spacial score (nSPS) is 11.2. The minimum absolute atomic E-state index is 0.195. The molecular formula is C21H15ClN4O3. The van der Waals surface area contributed by atoms with Crippen molar-refractivity contribution in [3.05, 3.63) is 88.1 Å². The maximum atomic E-state index is 12.4. The lowest BCUT2D eigenvalue weighted by Crippen LogP contribution is -2.30. The van der Waals surface area contributed by atoms with Gasteiger partial charge in [0.25, 0.3) is 11.5 Å². The summed E-state index contributed by atoms with van der Waals surface area (Å²) in [4.78, 5) is 28.7. The summed E-state index contributed by atoms with van der Waals surface area (Å²) in [7, 11) is 0. The predicted octanol–water partition coefficient (Wildman–Crippen LogP) is 3.46. The van der Waals surface area contributed by atoms with E-state index in [2.05, 4.69) is 15.5 Å². The molecule has 0 fully saturated rings. The molecule has 8 heteroatoms. The number of nitrogens with one attached hydrogen (secondary N) is 1. The molecule has 0 saturated carbocycles. The van der Waals surface area contributed by atoms with Gasteiger partial charge in [0, 0.05) is 10.6 Å². The van der Waals surface area contributed by atoms with E-state index in [-0.39, 0.29) is 12.1 Å². The van der Waals surface area contributed by atoms with Gasteiger partial charge in [-0.1, -0.05) is 35.9 Å². The van der Waals surface area contributed by atoms with Crippen molar-refractivity contribution in [3.63, 3.8) is 0 Å². The Morgan fingerprint density at radius 1 is 1.17 bits per heavy atom. The molecule has 0 aliphatic rings. The average molecular weight is 407 g/mol. The molecule has 4 aromatic rings. The second-order valence-corrected chi connectivity index (χ2v) is 6.64. The van der Waals surface area contributed by atoms with Crippen molar-refractivity contribution in [2.75, 3.05) is 0 Å². The van der Waals surface area contributed by atoms with E-state index in [0.717, 1.165) is 5.56 Å². The third-order valence-corrected chi connectivity index (χ3v) is 4.40. The smallest absolute Gasteiger partial charge is 0.261 e. The summed E-state index contributed by atoms with van der Waals surface area (Å²) in [6.07, 6.45) is 2.73. The van der Waals surface area contributed by atoms with Gasteiger partial charge in [0.15, 0.2) is 0 Å². The molecule has 1 N–H and O–H groups in total. The van der Waals surface area contributed by atoms with Crippen molar-refractivity contribution in [1.29, 1.82) is 0 Å². The molecule has 0 aliphatic carbocycles. The molecule has 2 aromatic carbocycles. The molecule has 1 amide bonds. The monoisotopic (exact) mass is 406 g/mol. The molecule has 2 heterocycles. The first-order valence-electron chi connectivity index (χ1n) is 8.72. The number of benzene rings is 2. The molecule has 0 spiro atoms. The molecule has 4 rings (SSSR count). The van der Waals surface area contributed by atoms with Crippen LogP contribution in [0.1, 0.15) is 5.76 Å². The number of fused-ring (bicyclic) bond motifs is 1. The zero-order valence-electron chi connectivity index (χ0n) is 15.1. The fourth-order valence-electron chi connectivity index (χ4n) is 2.80. The molecular weight excluding hydrogens is 392 g/mol. The standard InChI is InChI=1S/C21H15ClN4O3/c22-15-5-3-4-14(10-15)19-9-8-16(29-19)11-24-25-20(27)12-26-13-23-18-7-2-1-6-17(18)21(26)28/h1-11,13H,12H2,(H,25,27)/b24-11+. The Labute approximate surface area is 170 Å². The van der Waals surface area contributed by atoms with Crippen LogP contribution >= 0.6 is 11.6 Å². The summed E-state index contributed by atoms with van der Waals surface area (Å²) in [5.74, 6) is 0.640. The molecule has 29 heavy (non-hydrogen) atoms. The van der Waals surface area contributed by atoms with Crippen molar-refractivity contribution in [3.8, 4) is 11.3 Å². The van der Waals surface area contributed by atoms with Crippen molar-refractivity contribution < 1.29 is 9.21 Å². The van der Waals surface area contributed by atoms with Gasteiger partial charge in [0.2, 0.25) is 0 Å². The van der Waals surface area contributed by atoms with E-state index in [1.54, 1.807) is 48.5 Å². The zero-order chi connectivity index (χ0) is 20.2. The summed E-state index contributed by atoms with van der Waals surface area (Å²) >= 11 is 5.99. The summed E-state index contributed by atoms with van der Waals surface area (Å²) < 4.78 is 6.90. The van der Waals surface area contributed by atoms with Crippen LogP contribution in [0, 0.1) is 0 Å². The number of hydrogen-bond acceptors (Lipinski definition) is 5. The van der Waals surface area contributed by atoms with Crippen LogP contribution in [0.5, 0.6) is 0 Å². The molecule has 0 saturated heterocycles. The molecule has 0 radical (unpaired) electrons. The molecule has 7 nitrogen and oxygen atoms in total. The van der Waals surface area contributed by atoms with Crippen LogP contribution in [-0.2, 0) is 11.3 Å². The molecule has 0 unspecified atom stereocenters. The van der Waals surface area contributed by atoms with Gasteiger partial charge in [0.1, 0.15) is 18.1 Å². The molecule has 2 aromatic heterocycles. The quantitative estimate of drug-likeness (QED) is 0.406. The highest BCUT2D eigenvalue weighted by molar-refractivity contribution is 6.30. The van der Waals surface area contributed by atoms with E-state index < -0.39 is 5.91 Å². The molecule has 0 aliphatic heterocycles. The first-order valence-corrected chi connectivity index (χ1v) is 9.10. The average Bonchev–Trinajstić information content (AvgIpc) is 3.19. The number of aromatic nitrogens is 2. The van der Waals surface area contributed by atoms with E-state index >= 15 is 0 Å². The Hall–Kier alpha value is -3.71. The van der Waals surface area contributed by atoms with E-state index in [9.17, 15) is 9.59 Å². The highest BCUT2D eigenvalue weighted by Crippen LogP contribution is 2.24. The van der Waals surface area contributed by atoms with Crippen LogP contribution in [-0.4, -0.2) is 21.7 Å². The minimum Gasteiger partial charge on any atom is -0.455 e. The summed E-state index contributed by atoms with van der Waals surface area (Å²) in [5.41, 5.74) is 3.51. The van der Waals surface area contributed by atoms with Crippen molar-refractivity contribution in [1.82, 2.24) is 15.0 Å². The Kier molecular flexibility index (Phi) is 5.22. The van der Waals surface area contributed by atoms with Gasteiger partial charge in [0.05, 0.1) is 23.4 Å². The largest absolute Gasteiger partial charge is 0.455 e. The number of carbonyl (C=O) groups is 1. The zero-order valence-corrected chi connectivity index (χ0v) is 15.8. The van der Waals surface area contributed by atoms with E-state index in [4.69, 9.17) is 16.0 Å². The maximum Gasteiger partial charge on any atom is 0.261 e. The third-order valence-electron chi connectivity index (χ3n) is 4.16. The predicted molar refractivity (Wildman–Crippen MR) is 111 cm³/mol. The Bertz CT molecular complexity index is 1280. The molecule has 0 bridgehead atoms. The van der Waals surface area contributed by atoms with Gasteiger partial charge in [-0.15, -0.1) is 0 Å². The lowest BCUT2D eigenvalue weighted by molar-refractivity contribution is -0.121. The van der Waals surface area contributed by atoms with E-state index in [0.29, 0.717) is 27.4 Å². The summed E-state index contributed by atoms with van der Waals surface area (Å²) in [5, 5.41) is 4.94. The number of para-hydroxylation sites is 1. The third kappa shape index (κ3) is 4.25. The van der Waals surface area contributed by atoms with Gasteiger partial charge in [-0.05, 0) is 36.4 Å². The Balaban J connectivity index is 1.41. The lowest BCUT2D eigenvalue weighted by Gasteiger charge is -2.05. The van der Waals surface area contributed by atoms with Gasteiger partial charge in [-0.2, -0.15) is 5.10 Å². The van der Waals surface area contributed by atoms with Gasteiger partial charge in [-0.3, -0.25) is 14.2 Å². The number of rotatable bonds is 5. The van der Waals surface area contributed by atoms with E-state index in [1.165, 1.54) is 17.1 Å². The van der Waals surface area contributed by atoms with Gasteiger partial charge in [-0.25, -0.2) is 10.4 Å². The van der Waals surface area contributed by atoms with Crippen LogP contribution < -0.4 is 11.0 Å². The number of furan rings is 1. The number of hydrogen-bond donors (Lipinski definition) is 1. The second kappa shape index (κ2) is 8.12. The fourth-order valence-corrected chi connectivity index (χ4v) is 2.99. The first-order chi connectivity index (χ1) is 14.1. The van der Waals surface area contributed by atoms with Crippen LogP contribution in [0.2, 0.25) is 5.02 Å². The van der Waals surface area contributed by atoms with Gasteiger partial charge < -0.3 is 4.42 Å². The number of halogens is 1. The Morgan fingerprint density at radius 2 is 2.03 bits per heavy atom. The number of hydrazone groups is 1. The van der Waals surface area contributed by atoms with Crippen LogP contribution in [0.15, 0.2) is 81.3 Å². The Morgan fingerprint density at radius 3 is 2.90 bits per heavy atom. The summed E-state index contributed by atoms with van der Waals surface area (Å²) in [6.45, 7) is -0.195. The van der Waals surface area contributed by atoms with E-state index in [1.807, 2.05) is 12.1 Å². The van der Waals surface area contributed by atoms with Crippen LogP contribution in [0.4, 0.5) is 0 Å². The minimum atomic E-state index is -0.456. The first kappa shape index (κ1) is 18.6. The van der Waals surface area contributed by atoms with Crippen molar-refractivity contribution in [2.24, 2.45) is 5.10 Å². The van der Waals surface area contributed by atoms with Crippen LogP contribution in [0.3, 0.4) is 0 Å². The number of amides is 1. The number of nitrogens with zero attached hydrogens (tertiary/aromatic N) is 3. The summed E-state index contributed by atoms with van der Waals surface area (Å²) in [6, 6.07) is 17.8. The lowest BCUT2D eigenvalue weighted by atomic mass is 10.2. The highest BCUT2D eigenvalue weighted by Gasteiger charge is 2.08. The fraction of sp³-hybridized carbons (Fsp3) is 0.0476. The highest BCUT2D eigenvalue weighted by atomic mass is 35.5. The van der Waals surface area contributed by atoms with Crippen molar-refractivity contribution >= 4 is 34.6 Å². The maximum absolute atomic E-state index is 12.4. The second-order valence-electron chi connectivity index (χ2n) is 6.20. The topological polar surface area (TPSA) is 89.5 Å². The SMILES string of the molecule is O=C(Cn1cnc2ccccc2c1=O)N/N=C/c1ccc(-c2cccc(Cl)c2)o1. The molecule has 0 atom stereocenters. The number of carbonyl (C=O) groups excluding carboxylic acids is 1. The van der Waals surface area contributed by atoms with Crippen molar-refractivity contribution in [2.45, 2.75) is 6.54 Å². The van der Waals surface area contributed by atoms with Gasteiger partial charge >= 0.3 is 0 Å².